The number of pyridine rings is 1. The molecule has 1 N–H and O–H groups in total. The summed E-state index contributed by atoms with van der Waals surface area (Å²) in [6.45, 7) is 6.99. The molecule has 0 aliphatic heterocycles. The van der Waals surface area contributed by atoms with Gasteiger partial charge in [-0.3, -0.25) is 19.1 Å². The zero-order valence-electron chi connectivity index (χ0n) is 24.1. The Hall–Kier alpha value is -4.33. The molecule has 0 saturated heterocycles. The van der Waals surface area contributed by atoms with Crippen molar-refractivity contribution in [3.05, 3.63) is 57.8 Å². The van der Waals surface area contributed by atoms with Crippen molar-refractivity contribution in [3.8, 4) is 11.4 Å². The van der Waals surface area contributed by atoms with Gasteiger partial charge in [0.25, 0.3) is 5.56 Å². The standard InChI is InChI=1S/C28H32N8O5S/c1-6-15(2)36-27-24(34-26(28(36)38)30-11-19-9-10-20(12-29-19)42(5,39)40)21(13-41-17(4)37)33-25(35-27)22-16(3)31-14-32-23(22)18-7-8-18/h9-10,12,14-15,18H,6-8,11,13H2,1-5H3,(H,30,34)/t15-/m1/s1. The lowest BCUT2D eigenvalue weighted by Crippen LogP contribution is -2.29. The van der Waals surface area contributed by atoms with Gasteiger partial charge in [-0.2, -0.15) is 0 Å². The minimum absolute atomic E-state index is 0.0371. The summed E-state index contributed by atoms with van der Waals surface area (Å²) in [5.74, 6) is 0.187. The third kappa shape index (κ3) is 5.98. The molecule has 0 radical (unpaired) electrons. The number of rotatable bonds is 10. The molecule has 220 valence electrons. The van der Waals surface area contributed by atoms with Crippen molar-refractivity contribution in [1.29, 1.82) is 0 Å². The molecular formula is C28H32N8O5S. The number of sulfone groups is 1. The highest BCUT2D eigenvalue weighted by Crippen LogP contribution is 2.43. The molecule has 42 heavy (non-hydrogen) atoms. The van der Waals surface area contributed by atoms with Crippen LogP contribution in [0.3, 0.4) is 0 Å². The average molecular weight is 593 g/mol. The van der Waals surface area contributed by atoms with Gasteiger partial charge in [0.15, 0.2) is 27.1 Å². The van der Waals surface area contributed by atoms with Crippen LogP contribution in [0.1, 0.15) is 74.8 Å². The summed E-state index contributed by atoms with van der Waals surface area (Å²) in [6.07, 6.45) is 6.57. The second kappa shape index (κ2) is 11.5. The van der Waals surface area contributed by atoms with Crippen molar-refractivity contribution < 1.29 is 17.9 Å². The summed E-state index contributed by atoms with van der Waals surface area (Å²) in [7, 11) is -3.39. The van der Waals surface area contributed by atoms with Crippen molar-refractivity contribution in [2.24, 2.45) is 0 Å². The van der Waals surface area contributed by atoms with Gasteiger partial charge in [-0.05, 0) is 45.2 Å². The maximum atomic E-state index is 13.8. The minimum atomic E-state index is -3.39. The van der Waals surface area contributed by atoms with E-state index in [-0.39, 0.29) is 29.9 Å². The van der Waals surface area contributed by atoms with Crippen LogP contribution in [0.2, 0.25) is 0 Å². The first-order chi connectivity index (χ1) is 20.0. The predicted molar refractivity (Wildman–Crippen MR) is 154 cm³/mol. The van der Waals surface area contributed by atoms with Gasteiger partial charge in [0.1, 0.15) is 24.1 Å². The van der Waals surface area contributed by atoms with Gasteiger partial charge < -0.3 is 10.1 Å². The monoisotopic (exact) mass is 592 g/mol. The van der Waals surface area contributed by atoms with E-state index in [9.17, 15) is 18.0 Å². The molecule has 1 atom stereocenters. The number of hydrogen-bond donors (Lipinski definition) is 1. The van der Waals surface area contributed by atoms with Crippen LogP contribution in [-0.4, -0.2) is 55.1 Å². The number of carbonyl (C=O) groups is 1. The number of aromatic nitrogens is 7. The highest BCUT2D eigenvalue weighted by Gasteiger charge is 2.31. The topological polar surface area (TPSA) is 172 Å². The van der Waals surface area contributed by atoms with Gasteiger partial charge in [0.2, 0.25) is 0 Å². The molecule has 4 aromatic heterocycles. The van der Waals surface area contributed by atoms with Crippen molar-refractivity contribution in [1.82, 2.24) is 34.5 Å². The Balaban J connectivity index is 1.66. The molecule has 0 spiro atoms. The van der Waals surface area contributed by atoms with Crippen LogP contribution in [-0.2, 0) is 32.5 Å². The van der Waals surface area contributed by atoms with E-state index in [1.165, 1.54) is 25.5 Å². The molecule has 4 aromatic rings. The summed E-state index contributed by atoms with van der Waals surface area (Å²) in [6, 6.07) is 2.78. The Kier molecular flexibility index (Phi) is 7.99. The van der Waals surface area contributed by atoms with Crippen LogP contribution in [0, 0.1) is 6.92 Å². The van der Waals surface area contributed by atoms with Crippen LogP contribution in [0.25, 0.3) is 22.6 Å². The molecule has 0 aromatic carbocycles. The highest BCUT2D eigenvalue weighted by molar-refractivity contribution is 7.90. The summed E-state index contributed by atoms with van der Waals surface area (Å²) in [5.41, 5.74) is 3.36. The van der Waals surface area contributed by atoms with E-state index in [1.54, 1.807) is 10.6 Å². The maximum absolute atomic E-state index is 13.8. The quantitative estimate of drug-likeness (QED) is 0.267. The van der Waals surface area contributed by atoms with E-state index in [1.807, 2.05) is 20.8 Å². The van der Waals surface area contributed by atoms with E-state index >= 15 is 0 Å². The second-order valence-electron chi connectivity index (χ2n) is 10.4. The van der Waals surface area contributed by atoms with Crippen LogP contribution < -0.4 is 10.9 Å². The highest BCUT2D eigenvalue weighted by atomic mass is 32.2. The van der Waals surface area contributed by atoms with Gasteiger partial charge in [-0.25, -0.2) is 33.3 Å². The van der Waals surface area contributed by atoms with Crippen molar-refractivity contribution in [2.75, 3.05) is 11.6 Å². The van der Waals surface area contributed by atoms with Gasteiger partial charge in [0.05, 0.1) is 34.1 Å². The minimum Gasteiger partial charge on any atom is -0.459 e. The van der Waals surface area contributed by atoms with Crippen LogP contribution in [0.4, 0.5) is 5.82 Å². The molecular weight excluding hydrogens is 560 g/mol. The lowest BCUT2D eigenvalue weighted by molar-refractivity contribution is -0.142. The number of fused-ring (bicyclic) bond motifs is 1. The number of hydrogen-bond acceptors (Lipinski definition) is 12. The first kappa shape index (κ1) is 29.2. The SMILES string of the molecule is CC[C@@H](C)n1c(=O)c(NCc2ccc(S(C)(=O)=O)cn2)nc2c(COC(C)=O)nc(-c3c(C)ncnc3C3CC3)nc21. The van der Waals surface area contributed by atoms with E-state index in [2.05, 4.69) is 25.3 Å². The predicted octanol–water partition coefficient (Wildman–Crippen LogP) is 3.27. The van der Waals surface area contributed by atoms with Crippen LogP contribution in [0.15, 0.2) is 34.3 Å². The van der Waals surface area contributed by atoms with Crippen molar-refractivity contribution >= 4 is 32.8 Å². The normalized spacial score (nSPS) is 14.1. The van der Waals surface area contributed by atoms with E-state index < -0.39 is 21.4 Å². The third-order valence-corrected chi connectivity index (χ3v) is 8.27. The summed E-state index contributed by atoms with van der Waals surface area (Å²) in [4.78, 5) is 53.1. The number of nitrogens with zero attached hydrogens (tertiary/aromatic N) is 7. The molecule has 1 saturated carbocycles. The van der Waals surface area contributed by atoms with Gasteiger partial charge in [0, 0.05) is 31.3 Å². The van der Waals surface area contributed by atoms with E-state index in [0.29, 0.717) is 52.0 Å². The molecule has 1 aliphatic carbocycles. The zero-order chi connectivity index (χ0) is 30.2. The Morgan fingerprint density at radius 2 is 1.93 bits per heavy atom. The molecule has 13 nitrogen and oxygen atoms in total. The summed E-state index contributed by atoms with van der Waals surface area (Å²) in [5, 5.41) is 3.04. The van der Waals surface area contributed by atoms with Gasteiger partial charge in [-0.15, -0.1) is 0 Å². The number of carbonyl (C=O) groups excluding carboxylic acids is 1. The molecule has 5 rings (SSSR count). The fraction of sp³-hybridized carbons (Fsp3) is 0.429. The first-order valence-corrected chi connectivity index (χ1v) is 15.5. The largest absolute Gasteiger partial charge is 0.459 e. The first-order valence-electron chi connectivity index (χ1n) is 13.6. The van der Waals surface area contributed by atoms with Crippen molar-refractivity contribution in [3.63, 3.8) is 0 Å². The number of nitrogens with one attached hydrogen (secondary N) is 1. The summed E-state index contributed by atoms with van der Waals surface area (Å²) >= 11 is 0. The molecule has 1 fully saturated rings. The number of aryl methyl sites for hydroxylation is 1. The smallest absolute Gasteiger partial charge is 0.303 e. The zero-order valence-corrected chi connectivity index (χ0v) is 24.9. The summed E-state index contributed by atoms with van der Waals surface area (Å²) < 4.78 is 30.5. The van der Waals surface area contributed by atoms with Crippen LogP contribution in [0.5, 0.6) is 0 Å². The lowest BCUT2D eigenvalue weighted by Gasteiger charge is -2.19. The lowest BCUT2D eigenvalue weighted by atomic mass is 10.1. The molecule has 0 unspecified atom stereocenters. The molecule has 4 heterocycles. The Morgan fingerprint density at radius 1 is 1.17 bits per heavy atom. The van der Waals surface area contributed by atoms with E-state index in [0.717, 1.165) is 24.8 Å². The third-order valence-electron chi connectivity index (χ3n) is 7.17. The number of anilines is 1. The number of esters is 1. The molecule has 0 bridgehead atoms. The second-order valence-corrected chi connectivity index (χ2v) is 12.5. The van der Waals surface area contributed by atoms with Crippen LogP contribution >= 0.6 is 0 Å². The van der Waals surface area contributed by atoms with E-state index in [4.69, 9.17) is 14.7 Å². The van der Waals surface area contributed by atoms with Gasteiger partial charge in [-0.1, -0.05) is 6.92 Å². The number of ether oxygens (including phenoxy) is 1. The Bertz CT molecular complexity index is 1840. The molecule has 14 heteroatoms. The maximum Gasteiger partial charge on any atom is 0.303 e. The average Bonchev–Trinajstić information content (AvgIpc) is 3.79. The Morgan fingerprint density at radius 3 is 2.55 bits per heavy atom. The molecule has 0 amide bonds. The van der Waals surface area contributed by atoms with Gasteiger partial charge >= 0.3 is 5.97 Å². The molecule has 1 aliphatic rings. The van der Waals surface area contributed by atoms with Crippen molar-refractivity contribution in [2.45, 2.75) is 77.0 Å². The Labute approximate surface area is 242 Å². The fourth-order valence-electron chi connectivity index (χ4n) is 4.57. The fourth-order valence-corrected chi connectivity index (χ4v) is 5.13.